The van der Waals surface area contributed by atoms with Crippen LogP contribution in [0, 0.1) is 5.82 Å². The summed E-state index contributed by atoms with van der Waals surface area (Å²) in [5, 5.41) is 2.84. The van der Waals surface area contributed by atoms with Crippen molar-refractivity contribution in [2.45, 2.75) is 13.0 Å². The second-order valence-electron chi connectivity index (χ2n) is 4.21. The van der Waals surface area contributed by atoms with Gasteiger partial charge in [-0.1, -0.05) is 36.4 Å². The molecule has 0 aliphatic rings. The number of amides is 1. The van der Waals surface area contributed by atoms with Crippen LogP contribution in [-0.2, 0) is 0 Å². The number of halogens is 2. The Kier molecular flexibility index (Phi) is 4.32. The van der Waals surface area contributed by atoms with Crippen molar-refractivity contribution in [1.82, 2.24) is 5.32 Å². The lowest BCUT2D eigenvalue weighted by Crippen LogP contribution is -2.27. The molecule has 0 saturated carbocycles. The molecule has 1 unspecified atom stereocenters. The van der Waals surface area contributed by atoms with Crippen LogP contribution in [0.15, 0.2) is 53.0 Å². The molecule has 19 heavy (non-hydrogen) atoms. The van der Waals surface area contributed by atoms with Gasteiger partial charge in [0.1, 0.15) is 5.82 Å². The van der Waals surface area contributed by atoms with Crippen molar-refractivity contribution in [1.29, 1.82) is 0 Å². The predicted molar refractivity (Wildman–Crippen MR) is 76.4 cm³/mol. The maximum Gasteiger partial charge on any atom is 0.253 e. The Morgan fingerprint density at radius 3 is 2.53 bits per heavy atom. The molecule has 1 amide bonds. The van der Waals surface area contributed by atoms with Crippen molar-refractivity contribution in [3.63, 3.8) is 0 Å². The first kappa shape index (κ1) is 13.7. The molecule has 0 aliphatic heterocycles. The summed E-state index contributed by atoms with van der Waals surface area (Å²) in [6, 6.07) is 13.9. The number of nitrogens with one attached hydrogen (secondary N) is 1. The zero-order valence-corrected chi connectivity index (χ0v) is 11.9. The molecule has 0 radical (unpaired) electrons. The van der Waals surface area contributed by atoms with Gasteiger partial charge in [-0.15, -0.1) is 0 Å². The third kappa shape index (κ3) is 3.20. The highest BCUT2D eigenvalue weighted by atomic mass is 79.9. The van der Waals surface area contributed by atoms with E-state index >= 15 is 0 Å². The second-order valence-corrected chi connectivity index (χ2v) is 5.00. The Bertz CT molecular complexity index is 586. The summed E-state index contributed by atoms with van der Waals surface area (Å²) in [6.45, 7) is 1.89. The molecule has 0 aromatic heterocycles. The maximum absolute atomic E-state index is 13.4. The number of rotatable bonds is 3. The molecule has 0 spiro atoms. The number of carbonyl (C=O) groups excluding carboxylic acids is 1. The van der Waals surface area contributed by atoms with Crippen molar-refractivity contribution in [3.05, 3.63) is 69.9 Å². The highest BCUT2D eigenvalue weighted by Crippen LogP contribution is 2.21. The first-order valence-electron chi connectivity index (χ1n) is 5.89. The SMILES string of the molecule is CC(NC(=O)c1cccc(F)c1Br)c1ccccc1. The summed E-state index contributed by atoms with van der Waals surface area (Å²) in [4.78, 5) is 12.1. The third-order valence-electron chi connectivity index (χ3n) is 2.84. The van der Waals surface area contributed by atoms with Crippen LogP contribution in [0.1, 0.15) is 28.9 Å². The van der Waals surface area contributed by atoms with Gasteiger partial charge in [0.25, 0.3) is 5.91 Å². The minimum atomic E-state index is -0.444. The van der Waals surface area contributed by atoms with Crippen LogP contribution in [0.4, 0.5) is 4.39 Å². The van der Waals surface area contributed by atoms with E-state index in [1.165, 1.54) is 12.1 Å². The summed E-state index contributed by atoms with van der Waals surface area (Å²) in [5.41, 5.74) is 1.30. The first-order chi connectivity index (χ1) is 9.09. The highest BCUT2D eigenvalue weighted by Gasteiger charge is 2.15. The zero-order valence-electron chi connectivity index (χ0n) is 10.4. The van der Waals surface area contributed by atoms with Crippen molar-refractivity contribution in [2.24, 2.45) is 0 Å². The molecule has 1 atom stereocenters. The minimum absolute atomic E-state index is 0.135. The summed E-state index contributed by atoms with van der Waals surface area (Å²) in [7, 11) is 0. The summed E-state index contributed by atoms with van der Waals surface area (Å²) < 4.78 is 13.6. The summed E-state index contributed by atoms with van der Waals surface area (Å²) in [5.74, 6) is -0.747. The van der Waals surface area contributed by atoms with Crippen LogP contribution < -0.4 is 5.32 Å². The largest absolute Gasteiger partial charge is 0.345 e. The fraction of sp³-hybridized carbons (Fsp3) is 0.133. The summed E-state index contributed by atoms with van der Waals surface area (Å²) in [6.07, 6.45) is 0. The molecule has 98 valence electrons. The van der Waals surface area contributed by atoms with E-state index in [2.05, 4.69) is 21.2 Å². The smallest absolute Gasteiger partial charge is 0.253 e. The molecule has 0 saturated heterocycles. The van der Waals surface area contributed by atoms with Crippen molar-refractivity contribution in [3.8, 4) is 0 Å². The quantitative estimate of drug-likeness (QED) is 0.906. The van der Waals surface area contributed by atoms with E-state index < -0.39 is 5.82 Å². The van der Waals surface area contributed by atoms with E-state index in [1.54, 1.807) is 6.07 Å². The Hall–Kier alpha value is -1.68. The highest BCUT2D eigenvalue weighted by molar-refractivity contribution is 9.10. The molecule has 2 aromatic carbocycles. The van der Waals surface area contributed by atoms with E-state index in [-0.39, 0.29) is 16.4 Å². The van der Waals surface area contributed by atoms with Gasteiger partial charge in [0.2, 0.25) is 0 Å². The van der Waals surface area contributed by atoms with E-state index in [0.29, 0.717) is 5.56 Å². The average molecular weight is 322 g/mol. The molecule has 0 fully saturated rings. The lowest BCUT2D eigenvalue weighted by molar-refractivity contribution is 0.0938. The molecule has 0 heterocycles. The Balaban J connectivity index is 2.16. The van der Waals surface area contributed by atoms with Gasteiger partial charge in [0, 0.05) is 0 Å². The molecular weight excluding hydrogens is 309 g/mol. The molecule has 0 bridgehead atoms. The van der Waals surface area contributed by atoms with E-state index in [4.69, 9.17) is 0 Å². The molecule has 0 aliphatic carbocycles. The lowest BCUT2D eigenvalue weighted by atomic mass is 10.1. The molecule has 1 N–H and O–H groups in total. The van der Waals surface area contributed by atoms with Gasteiger partial charge in [0.15, 0.2) is 0 Å². The van der Waals surface area contributed by atoms with Crippen LogP contribution in [0.2, 0.25) is 0 Å². The average Bonchev–Trinajstić information content (AvgIpc) is 2.42. The standard InChI is InChI=1S/C15H13BrFNO/c1-10(11-6-3-2-4-7-11)18-15(19)12-8-5-9-13(17)14(12)16/h2-10H,1H3,(H,18,19). The first-order valence-corrected chi connectivity index (χ1v) is 6.68. The van der Waals surface area contributed by atoms with E-state index in [0.717, 1.165) is 5.56 Å². The molecule has 2 rings (SSSR count). The number of benzene rings is 2. The summed E-state index contributed by atoms with van der Waals surface area (Å²) >= 11 is 3.09. The van der Waals surface area contributed by atoms with Crippen molar-refractivity contribution in [2.75, 3.05) is 0 Å². The monoisotopic (exact) mass is 321 g/mol. The van der Waals surface area contributed by atoms with E-state index in [9.17, 15) is 9.18 Å². The number of hydrogen-bond acceptors (Lipinski definition) is 1. The minimum Gasteiger partial charge on any atom is -0.345 e. The van der Waals surface area contributed by atoms with E-state index in [1.807, 2.05) is 37.3 Å². The zero-order chi connectivity index (χ0) is 13.8. The lowest BCUT2D eigenvalue weighted by Gasteiger charge is -2.15. The fourth-order valence-electron chi connectivity index (χ4n) is 1.78. The Morgan fingerprint density at radius 2 is 1.84 bits per heavy atom. The van der Waals surface area contributed by atoms with Gasteiger partial charge in [-0.25, -0.2) is 4.39 Å². The van der Waals surface area contributed by atoms with Gasteiger partial charge >= 0.3 is 0 Å². The second kappa shape index (κ2) is 5.97. The van der Waals surface area contributed by atoms with Gasteiger partial charge in [-0.3, -0.25) is 4.79 Å². The van der Waals surface area contributed by atoms with Crippen molar-refractivity contribution >= 4 is 21.8 Å². The molecule has 2 aromatic rings. The van der Waals surface area contributed by atoms with Gasteiger partial charge < -0.3 is 5.32 Å². The van der Waals surface area contributed by atoms with Crippen LogP contribution in [0.25, 0.3) is 0 Å². The van der Waals surface area contributed by atoms with Crippen LogP contribution in [0.3, 0.4) is 0 Å². The number of hydrogen-bond donors (Lipinski definition) is 1. The molecule has 2 nitrogen and oxygen atoms in total. The Labute approximate surface area is 119 Å². The number of carbonyl (C=O) groups is 1. The van der Waals surface area contributed by atoms with Gasteiger partial charge in [-0.05, 0) is 40.5 Å². The predicted octanol–water partition coefficient (Wildman–Crippen LogP) is 4.08. The van der Waals surface area contributed by atoms with Crippen LogP contribution in [-0.4, -0.2) is 5.91 Å². The molecular formula is C15H13BrFNO. The van der Waals surface area contributed by atoms with Gasteiger partial charge in [0.05, 0.1) is 16.1 Å². The van der Waals surface area contributed by atoms with Crippen LogP contribution in [0.5, 0.6) is 0 Å². The van der Waals surface area contributed by atoms with Crippen molar-refractivity contribution < 1.29 is 9.18 Å². The normalized spacial score (nSPS) is 11.9. The maximum atomic E-state index is 13.4. The fourth-order valence-corrected chi connectivity index (χ4v) is 2.22. The Morgan fingerprint density at radius 1 is 1.16 bits per heavy atom. The van der Waals surface area contributed by atoms with Gasteiger partial charge in [-0.2, -0.15) is 0 Å². The topological polar surface area (TPSA) is 29.1 Å². The van der Waals surface area contributed by atoms with Crippen LogP contribution >= 0.6 is 15.9 Å². The molecule has 4 heteroatoms. The third-order valence-corrected chi connectivity index (χ3v) is 3.65.